The maximum absolute atomic E-state index is 13.1. The monoisotopic (exact) mass is 366 g/mol. The largest absolute Gasteiger partial charge is 0.496 e. The number of ether oxygens (including phenoxy) is 2. The highest BCUT2D eigenvalue weighted by molar-refractivity contribution is 7.90. The highest BCUT2D eigenvalue weighted by atomic mass is 32.2. The molecule has 0 aliphatic heterocycles. The predicted octanol–water partition coefficient (Wildman–Crippen LogP) is 2.00. The van der Waals surface area contributed by atoms with Crippen molar-refractivity contribution in [3.8, 4) is 11.6 Å². The van der Waals surface area contributed by atoms with Gasteiger partial charge in [-0.05, 0) is 32.4 Å². The van der Waals surface area contributed by atoms with Gasteiger partial charge in [0.25, 0.3) is 0 Å². The second kappa shape index (κ2) is 6.51. The van der Waals surface area contributed by atoms with Crippen LogP contribution in [-0.4, -0.2) is 44.5 Å². The summed E-state index contributed by atoms with van der Waals surface area (Å²) in [5.41, 5.74) is 2.03. The van der Waals surface area contributed by atoms with E-state index in [1.54, 1.807) is 27.8 Å². The number of hydrogen-bond donors (Lipinski definition) is 0. The molecule has 0 aliphatic carbocycles. The third-order valence-electron chi connectivity index (χ3n) is 4.05. The van der Waals surface area contributed by atoms with Crippen molar-refractivity contribution in [3.63, 3.8) is 0 Å². The van der Waals surface area contributed by atoms with Gasteiger partial charge in [-0.1, -0.05) is 0 Å². The highest BCUT2D eigenvalue weighted by Crippen LogP contribution is 2.35. The molecule has 1 heterocycles. The molecule has 136 valence electrons. The number of aryl methyl sites for hydroxylation is 3. The number of methoxy groups -OCH3 is 2. The second-order valence-electron chi connectivity index (χ2n) is 5.92. The van der Waals surface area contributed by atoms with E-state index in [-0.39, 0.29) is 22.0 Å². The van der Waals surface area contributed by atoms with E-state index in [2.05, 4.69) is 5.10 Å². The molecule has 0 saturated carbocycles. The van der Waals surface area contributed by atoms with Crippen molar-refractivity contribution in [2.45, 2.75) is 25.7 Å². The van der Waals surface area contributed by atoms with Gasteiger partial charge in [0, 0.05) is 18.9 Å². The normalized spacial score (nSPS) is 11.5. The Labute approximate surface area is 147 Å². The van der Waals surface area contributed by atoms with Gasteiger partial charge < -0.3 is 9.47 Å². The minimum absolute atomic E-state index is 0.177. The first-order chi connectivity index (χ1) is 11.5. The van der Waals surface area contributed by atoms with E-state index in [1.807, 2.05) is 0 Å². The second-order valence-corrected chi connectivity index (χ2v) is 7.88. The van der Waals surface area contributed by atoms with E-state index in [4.69, 9.17) is 9.47 Å². The minimum Gasteiger partial charge on any atom is -0.496 e. The fourth-order valence-corrected chi connectivity index (χ4v) is 4.51. The summed E-state index contributed by atoms with van der Waals surface area (Å²) in [5.74, 6) is 0.249. The number of ketones is 1. The van der Waals surface area contributed by atoms with Crippen LogP contribution in [-0.2, 0) is 16.9 Å². The van der Waals surface area contributed by atoms with Crippen LogP contribution < -0.4 is 9.47 Å². The Bertz CT molecular complexity index is 958. The zero-order chi connectivity index (χ0) is 19.1. The van der Waals surface area contributed by atoms with Crippen molar-refractivity contribution in [1.82, 2.24) is 9.78 Å². The number of rotatable bonds is 5. The van der Waals surface area contributed by atoms with Gasteiger partial charge in [-0.3, -0.25) is 4.79 Å². The molecule has 0 N–H and O–H groups in total. The topological polar surface area (TPSA) is 87.5 Å². The zero-order valence-corrected chi connectivity index (χ0v) is 16.2. The Morgan fingerprint density at radius 3 is 2.24 bits per heavy atom. The van der Waals surface area contributed by atoms with E-state index in [0.29, 0.717) is 28.3 Å². The summed E-state index contributed by atoms with van der Waals surface area (Å²) in [7, 11) is 1.11. The SMILES string of the molecule is COc1c(C(=O)c2c(C)nn(C)c2OC)cc(C)c(S(C)(=O)=O)c1C. The van der Waals surface area contributed by atoms with Crippen molar-refractivity contribution in [2.75, 3.05) is 20.5 Å². The van der Waals surface area contributed by atoms with E-state index in [1.165, 1.54) is 25.0 Å². The summed E-state index contributed by atoms with van der Waals surface area (Å²) >= 11 is 0. The van der Waals surface area contributed by atoms with Crippen molar-refractivity contribution in [3.05, 3.63) is 34.0 Å². The molecular formula is C17H22N2O5S. The quantitative estimate of drug-likeness (QED) is 0.752. The molecule has 8 heteroatoms. The molecule has 0 aliphatic rings. The predicted molar refractivity (Wildman–Crippen MR) is 93.5 cm³/mol. The molecule has 1 aromatic heterocycles. The molecule has 25 heavy (non-hydrogen) atoms. The number of hydrogen-bond acceptors (Lipinski definition) is 6. The Hall–Kier alpha value is -2.35. The molecular weight excluding hydrogens is 344 g/mol. The molecule has 2 rings (SSSR count). The Morgan fingerprint density at radius 1 is 1.16 bits per heavy atom. The fraction of sp³-hybridized carbons (Fsp3) is 0.412. The van der Waals surface area contributed by atoms with Crippen molar-refractivity contribution >= 4 is 15.6 Å². The molecule has 0 spiro atoms. The van der Waals surface area contributed by atoms with Crippen LogP contribution in [0.2, 0.25) is 0 Å². The first-order valence-corrected chi connectivity index (χ1v) is 9.44. The third kappa shape index (κ3) is 3.13. The molecule has 0 bridgehead atoms. The van der Waals surface area contributed by atoms with Crippen molar-refractivity contribution < 1.29 is 22.7 Å². The van der Waals surface area contributed by atoms with E-state index >= 15 is 0 Å². The zero-order valence-electron chi connectivity index (χ0n) is 15.4. The van der Waals surface area contributed by atoms with Crippen LogP contribution in [0.5, 0.6) is 11.6 Å². The lowest BCUT2D eigenvalue weighted by atomic mass is 9.98. The summed E-state index contributed by atoms with van der Waals surface area (Å²) in [5, 5.41) is 4.22. The van der Waals surface area contributed by atoms with Crippen LogP contribution in [0.4, 0.5) is 0 Å². The molecule has 0 radical (unpaired) electrons. The van der Waals surface area contributed by atoms with Gasteiger partial charge >= 0.3 is 0 Å². The van der Waals surface area contributed by atoms with Gasteiger partial charge in [0.15, 0.2) is 9.84 Å². The average Bonchev–Trinajstić information content (AvgIpc) is 2.78. The van der Waals surface area contributed by atoms with Crippen LogP contribution in [0, 0.1) is 20.8 Å². The van der Waals surface area contributed by atoms with Crippen LogP contribution in [0.1, 0.15) is 32.7 Å². The van der Waals surface area contributed by atoms with Gasteiger partial charge in [-0.25, -0.2) is 13.1 Å². The van der Waals surface area contributed by atoms with E-state index < -0.39 is 9.84 Å². The molecule has 0 atom stereocenters. The van der Waals surface area contributed by atoms with Crippen LogP contribution in [0.3, 0.4) is 0 Å². The average molecular weight is 366 g/mol. The van der Waals surface area contributed by atoms with Gasteiger partial charge in [0.1, 0.15) is 11.3 Å². The summed E-state index contributed by atoms with van der Waals surface area (Å²) in [6.45, 7) is 5.01. The van der Waals surface area contributed by atoms with Gasteiger partial charge in [0.05, 0.1) is 30.4 Å². The molecule has 2 aromatic rings. The highest BCUT2D eigenvalue weighted by Gasteiger charge is 2.28. The van der Waals surface area contributed by atoms with Gasteiger partial charge in [0.2, 0.25) is 11.7 Å². The van der Waals surface area contributed by atoms with Crippen LogP contribution in [0.25, 0.3) is 0 Å². The molecule has 1 aromatic carbocycles. The van der Waals surface area contributed by atoms with Crippen molar-refractivity contribution in [1.29, 1.82) is 0 Å². The first kappa shape index (κ1) is 19.0. The number of benzene rings is 1. The number of sulfone groups is 1. The maximum Gasteiger partial charge on any atom is 0.223 e. The summed E-state index contributed by atoms with van der Waals surface area (Å²) < 4.78 is 36.3. The van der Waals surface area contributed by atoms with E-state index in [0.717, 1.165) is 6.26 Å². The lowest BCUT2D eigenvalue weighted by Gasteiger charge is -2.16. The number of carbonyl (C=O) groups is 1. The van der Waals surface area contributed by atoms with Crippen LogP contribution >= 0.6 is 0 Å². The standard InChI is InChI=1S/C17H22N2O5S/c1-9-8-12(15(23-5)10(2)16(9)25(7,21)22)14(20)13-11(3)18-19(4)17(13)24-6/h8H,1-7H3. The number of aromatic nitrogens is 2. The summed E-state index contributed by atoms with van der Waals surface area (Å²) in [6, 6.07) is 1.54. The van der Waals surface area contributed by atoms with Gasteiger partial charge in [-0.15, -0.1) is 0 Å². The number of carbonyl (C=O) groups excluding carboxylic acids is 1. The Morgan fingerprint density at radius 2 is 1.76 bits per heavy atom. The Kier molecular flexibility index (Phi) is 4.94. The molecule has 0 unspecified atom stereocenters. The lowest BCUT2D eigenvalue weighted by Crippen LogP contribution is -2.12. The molecule has 0 fully saturated rings. The molecule has 0 amide bonds. The lowest BCUT2D eigenvalue weighted by molar-refractivity contribution is 0.103. The van der Waals surface area contributed by atoms with Gasteiger partial charge in [-0.2, -0.15) is 5.10 Å². The number of nitrogens with zero attached hydrogens (tertiary/aromatic N) is 2. The fourth-order valence-electron chi connectivity index (χ4n) is 3.22. The summed E-state index contributed by atoms with van der Waals surface area (Å²) in [6.07, 6.45) is 1.14. The minimum atomic E-state index is -3.45. The Balaban J connectivity index is 2.79. The third-order valence-corrected chi connectivity index (χ3v) is 5.42. The van der Waals surface area contributed by atoms with Crippen molar-refractivity contribution in [2.24, 2.45) is 7.05 Å². The van der Waals surface area contributed by atoms with E-state index in [9.17, 15) is 13.2 Å². The molecule has 7 nitrogen and oxygen atoms in total. The summed E-state index contributed by atoms with van der Waals surface area (Å²) in [4.78, 5) is 13.3. The van der Waals surface area contributed by atoms with Crippen LogP contribution in [0.15, 0.2) is 11.0 Å². The maximum atomic E-state index is 13.1. The smallest absolute Gasteiger partial charge is 0.223 e. The molecule has 0 saturated heterocycles. The first-order valence-electron chi connectivity index (χ1n) is 7.55.